The molecule has 416 valence electrons. The molecule has 0 aliphatic heterocycles. The summed E-state index contributed by atoms with van der Waals surface area (Å²) in [7, 11) is 0. The Morgan fingerprint density at radius 2 is 1.03 bits per heavy atom. The van der Waals surface area contributed by atoms with Crippen LogP contribution >= 0.6 is 0 Å². The van der Waals surface area contributed by atoms with Crippen molar-refractivity contribution in [2.45, 2.75) is 264 Å². The lowest BCUT2D eigenvalue weighted by Crippen LogP contribution is -2.53. The van der Waals surface area contributed by atoms with Crippen molar-refractivity contribution >= 4 is 5.91 Å². The number of hydrogen-bond donors (Lipinski definition) is 3. The number of halogens is 2. The quantitative estimate of drug-likeness (QED) is 0.0439. The molecule has 0 heterocycles. The number of carbonyl (C=O) groups is 1. The van der Waals surface area contributed by atoms with E-state index in [2.05, 4.69) is 45.1 Å². The van der Waals surface area contributed by atoms with Gasteiger partial charge in [-0.25, -0.2) is 8.78 Å². The summed E-state index contributed by atoms with van der Waals surface area (Å²) in [5.41, 5.74) is 1.26. The van der Waals surface area contributed by atoms with Crippen molar-refractivity contribution < 1.29 is 52.2 Å². The molecular formula is C60H103F2NO9. The van der Waals surface area contributed by atoms with Gasteiger partial charge in [-0.2, -0.15) is 0 Å². The Kier molecular flexibility index (Phi) is 40.5. The highest BCUT2D eigenvalue weighted by Gasteiger charge is 2.34. The summed E-state index contributed by atoms with van der Waals surface area (Å²) in [6, 6.07) is 13.1. The Morgan fingerprint density at radius 1 is 0.556 bits per heavy atom. The minimum Gasteiger partial charge on any atom is -0.457 e. The van der Waals surface area contributed by atoms with Gasteiger partial charge in [0.25, 0.3) is 0 Å². The predicted molar refractivity (Wildman–Crippen MR) is 289 cm³/mol. The Balaban J connectivity index is 1.97. The summed E-state index contributed by atoms with van der Waals surface area (Å²) in [6.45, 7) is 11.4. The number of nitrogens with one attached hydrogen (secondary N) is 1. The van der Waals surface area contributed by atoms with Crippen LogP contribution in [0.25, 0.3) is 0 Å². The molecule has 2 aromatic rings. The van der Waals surface area contributed by atoms with Gasteiger partial charge in [0.05, 0.1) is 32.0 Å². The number of benzene rings is 2. The van der Waals surface area contributed by atoms with Crippen LogP contribution in [0, 0.1) is 5.82 Å². The highest BCUT2D eigenvalue weighted by atomic mass is 19.1. The zero-order chi connectivity index (χ0) is 52.3. The predicted octanol–water partition coefficient (Wildman–Crippen LogP) is 14.9. The van der Waals surface area contributed by atoms with E-state index in [1.807, 2.05) is 12.1 Å². The molecule has 7 atom stereocenters. The molecule has 0 radical (unpaired) electrons. The molecule has 10 nitrogen and oxygen atoms in total. The summed E-state index contributed by atoms with van der Waals surface area (Å²) in [5, 5.41) is 26.1. The Morgan fingerprint density at radius 3 is 1.57 bits per heavy atom. The molecule has 72 heavy (non-hydrogen) atoms. The van der Waals surface area contributed by atoms with E-state index in [4.69, 9.17) is 28.4 Å². The topological polar surface area (TPSA) is 125 Å². The monoisotopic (exact) mass is 1020 g/mol. The minimum absolute atomic E-state index is 0.0324. The SMILES string of the molecule is CCCCCCCCCCCCCC[C@@H](O)[C@@H](O)[C@H](CO[C@@H](OC(COCCCC)[C@H](C)F)[C@H](COCCCC)OCCCC)NC(=O)CCCCCCCCCCc1ccc(Oc2ccc(F)cc2)cc1. The van der Waals surface area contributed by atoms with Gasteiger partial charge in [-0.15, -0.1) is 0 Å². The molecule has 2 aromatic carbocycles. The molecular weight excluding hydrogens is 917 g/mol. The van der Waals surface area contributed by atoms with E-state index < -0.39 is 42.9 Å². The first-order valence-corrected chi connectivity index (χ1v) is 29.0. The molecule has 3 N–H and O–H groups in total. The van der Waals surface area contributed by atoms with Crippen LogP contribution in [0.2, 0.25) is 0 Å². The summed E-state index contributed by atoms with van der Waals surface area (Å²) in [6.07, 6.45) is 23.3. The smallest absolute Gasteiger partial charge is 0.220 e. The first kappa shape index (κ1) is 65.4. The first-order valence-electron chi connectivity index (χ1n) is 29.0. The van der Waals surface area contributed by atoms with Crippen molar-refractivity contribution in [1.29, 1.82) is 0 Å². The average molecular weight is 1020 g/mol. The van der Waals surface area contributed by atoms with Crippen molar-refractivity contribution in [3.05, 3.63) is 59.9 Å². The second kappa shape index (κ2) is 44.6. The van der Waals surface area contributed by atoms with Gasteiger partial charge in [0.15, 0.2) is 6.29 Å². The lowest BCUT2D eigenvalue weighted by molar-refractivity contribution is -0.254. The van der Waals surface area contributed by atoms with Crippen molar-refractivity contribution in [3.8, 4) is 11.5 Å². The van der Waals surface area contributed by atoms with E-state index in [1.165, 1.54) is 82.4 Å². The molecule has 0 aromatic heterocycles. The van der Waals surface area contributed by atoms with E-state index in [9.17, 15) is 19.4 Å². The first-order chi connectivity index (χ1) is 35.1. The van der Waals surface area contributed by atoms with Crippen molar-refractivity contribution in [2.75, 3.05) is 39.6 Å². The molecule has 2 rings (SSSR count). The Bertz CT molecular complexity index is 1520. The van der Waals surface area contributed by atoms with Gasteiger partial charge >= 0.3 is 0 Å². The highest BCUT2D eigenvalue weighted by molar-refractivity contribution is 5.76. The highest BCUT2D eigenvalue weighted by Crippen LogP contribution is 2.24. The van der Waals surface area contributed by atoms with E-state index in [-0.39, 0.29) is 38.0 Å². The molecule has 0 saturated heterocycles. The number of hydrogen-bond acceptors (Lipinski definition) is 9. The van der Waals surface area contributed by atoms with Crippen LogP contribution in [-0.2, 0) is 34.9 Å². The third kappa shape index (κ3) is 33.3. The summed E-state index contributed by atoms with van der Waals surface area (Å²) < 4.78 is 65.2. The summed E-state index contributed by atoms with van der Waals surface area (Å²) in [5.74, 6) is 0.831. The summed E-state index contributed by atoms with van der Waals surface area (Å²) in [4.78, 5) is 13.6. The molecule has 0 saturated carbocycles. The molecule has 0 bridgehead atoms. The van der Waals surface area contributed by atoms with E-state index in [1.54, 1.807) is 12.1 Å². The number of amides is 1. The number of aryl methyl sites for hydroxylation is 1. The fourth-order valence-electron chi connectivity index (χ4n) is 8.54. The number of aliphatic hydroxyl groups is 2. The second-order valence-corrected chi connectivity index (χ2v) is 20.1. The molecule has 1 unspecified atom stereocenters. The van der Waals surface area contributed by atoms with Crippen LogP contribution in [0.3, 0.4) is 0 Å². The standard InChI is InChI=1S/C60H103F2NO9/c1-6-10-14-15-16-17-18-19-20-24-27-30-33-55(64)59(66)54(46-70-60(72-56(49(5)61)47-67-43-11-7-2)57(69-45-13-9-4)48-68-44-12-8-3)63-58(65)34-31-28-25-22-21-23-26-29-32-50-35-39-52(40-36-50)71-53-41-37-51(62)38-42-53/h35-42,49,54-57,59-60,64,66H,6-34,43-48H2,1-5H3,(H,63,65)/t49-,54-,55+,56?,57-,59-,60-/m0/s1. The number of carbonyl (C=O) groups excluding carboxylic acids is 1. The summed E-state index contributed by atoms with van der Waals surface area (Å²) >= 11 is 0. The maximum atomic E-state index is 15.2. The molecule has 0 fully saturated rings. The average Bonchev–Trinajstić information content (AvgIpc) is 3.37. The fraction of sp³-hybridized carbons (Fsp3) is 0.783. The number of aliphatic hydroxyl groups excluding tert-OH is 2. The van der Waals surface area contributed by atoms with Gasteiger partial charge in [0.1, 0.15) is 41.8 Å². The Labute approximate surface area is 436 Å². The lowest BCUT2D eigenvalue weighted by Gasteiger charge is -2.34. The third-order valence-electron chi connectivity index (χ3n) is 13.3. The number of ether oxygens (including phenoxy) is 6. The van der Waals surface area contributed by atoms with Crippen molar-refractivity contribution in [3.63, 3.8) is 0 Å². The van der Waals surface area contributed by atoms with Gasteiger partial charge < -0.3 is 44.0 Å². The second-order valence-electron chi connectivity index (χ2n) is 20.1. The normalized spacial score (nSPS) is 14.7. The lowest BCUT2D eigenvalue weighted by atomic mass is 9.99. The van der Waals surface area contributed by atoms with Gasteiger partial charge in [-0.3, -0.25) is 4.79 Å². The van der Waals surface area contributed by atoms with Crippen LogP contribution in [0.4, 0.5) is 8.78 Å². The van der Waals surface area contributed by atoms with Crippen LogP contribution in [0.1, 0.15) is 220 Å². The zero-order valence-electron chi connectivity index (χ0n) is 45.9. The molecule has 0 spiro atoms. The van der Waals surface area contributed by atoms with Crippen LogP contribution < -0.4 is 10.1 Å². The van der Waals surface area contributed by atoms with E-state index in [0.29, 0.717) is 38.4 Å². The molecule has 12 heteroatoms. The van der Waals surface area contributed by atoms with E-state index in [0.717, 1.165) is 115 Å². The molecule has 0 aliphatic rings. The van der Waals surface area contributed by atoms with Crippen LogP contribution in [-0.4, -0.2) is 98.7 Å². The van der Waals surface area contributed by atoms with Crippen molar-refractivity contribution in [2.24, 2.45) is 0 Å². The van der Waals surface area contributed by atoms with Crippen LogP contribution in [0.15, 0.2) is 48.5 Å². The van der Waals surface area contributed by atoms with Crippen molar-refractivity contribution in [1.82, 2.24) is 5.32 Å². The number of rotatable bonds is 50. The maximum absolute atomic E-state index is 15.2. The molecule has 1 amide bonds. The fourth-order valence-corrected chi connectivity index (χ4v) is 8.54. The van der Waals surface area contributed by atoms with Gasteiger partial charge in [-0.1, -0.05) is 175 Å². The van der Waals surface area contributed by atoms with Gasteiger partial charge in [0, 0.05) is 26.2 Å². The van der Waals surface area contributed by atoms with Gasteiger partial charge in [0.2, 0.25) is 5.91 Å². The van der Waals surface area contributed by atoms with E-state index >= 15 is 4.39 Å². The Hall–Kier alpha value is -2.71. The zero-order valence-corrected chi connectivity index (χ0v) is 45.9. The van der Waals surface area contributed by atoms with Crippen LogP contribution in [0.5, 0.6) is 11.5 Å². The minimum atomic E-state index is -1.37. The third-order valence-corrected chi connectivity index (χ3v) is 13.3. The molecule has 0 aliphatic carbocycles. The largest absolute Gasteiger partial charge is 0.457 e. The number of unbranched alkanes of at least 4 members (excludes halogenated alkanes) is 21. The maximum Gasteiger partial charge on any atom is 0.220 e. The van der Waals surface area contributed by atoms with Gasteiger partial charge in [-0.05, 0) is 93.8 Å². The number of alkyl halides is 1.